The number of hydrogen-bond acceptors (Lipinski definition) is 8. The average Bonchev–Trinajstić information content (AvgIpc) is 3.53. The Labute approximate surface area is 253 Å². The highest BCUT2D eigenvalue weighted by molar-refractivity contribution is 8.26. The molecule has 1 unspecified atom stereocenters. The number of hydrogen-bond donors (Lipinski definition) is 4. The summed E-state index contributed by atoms with van der Waals surface area (Å²) in [6, 6.07) is 8.70. The number of piperidine rings is 1. The van der Waals surface area contributed by atoms with E-state index in [4.69, 9.17) is 17.3 Å². The van der Waals surface area contributed by atoms with E-state index in [1.807, 2.05) is 0 Å². The number of thiocarbonyl (C=S) groups is 1. The van der Waals surface area contributed by atoms with Crippen LogP contribution in [-0.4, -0.2) is 56.3 Å². The zero-order valence-corrected chi connectivity index (χ0v) is 24.4. The SMILES string of the molecule is O=C(CC(C1CCNCC1)N1C(=O)C(=Cc2cc(-c3ccc(F)c(F)c3)cs2)SC1=S)Nc1ccc(C(=O)O)c(O)c1. The third kappa shape index (κ3) is 6.54. The monoisotopic (exact) mass is 629 g/mol. The quantitative estimate of drug-likeness (QED) is 0.185. The highest BCUT2D eigenvalue weighted by atomic mass is 32.2. The molecule has 2 aliphatic heterocycles. The predicted molar refractivity (Wildman–Crippen MR) is 162 cm³/mol. The van der Waals surface area contributed by atoms with Crippen LogP contribution in [0.2, 0.25) is 0 Å². The van der Waals surface area contributed by atoms with Crippen molar-refractivity contribution < 1.29 is 33.4 Å². The molecule has 3 aromatic rings. The van der Waals surface area contributed by atoms with Gasteiger partial charge in [0.05, 0.1) is 10.9 Å². The maximum absolute atomic E-state index is 13.7. The lowest BCUT2D eigenvalue weighted by Gasteiger charge is -2.36. The van der Waals surface area contributed by atoms with Crippen LogP contribution in [0, 0.1) is 17.6 Å². The highest BCUT2D eigenvalue weighted by Gasteiger charge is 2.41. The second-order valence-electron chi connectivity index (χ2n) is 9.86. The van der Waals surface area contributed by atoms with Crippen molar-refractivity contribution in [3.05, 3.63) is 74.8 Å². The summed E-state index contributed by atoms with van der Waals surface area (Å²) in [5, 5.41) is 26.9. The third-order valence-electron chi connectivity index (χ3n) is 7.14. The van der Waals surface area contributed by atoms with Gasteiger partial charge in [-0.2, -0.15) is 0 Å². The molecule has 5 rings (SSSR count). The van der Waals surface area contributed by atoms with E-state index in [1.54, 1.807) is 17.5 Å². The van der Waals surface area contributed by atoms with E-state index < -0.39 is 35.3 Å². The first-order chi connectivity index (χ1) is 20.1. The number of anilines is 1. The summed E-state index contributed by atoms with van der Waals surface area (Å²) in [5.74, 6) is -4.35. The number of carbonyl (C=O) groups is 3. The average molecular weight is 630 g/mol. The first kappa shape index (κ1) is 29.8. The second-order valence-corrected chi connectivity index (χ2v) is 12.5. The van der Waals surface area contributed by atoms with Gasteiger partial charge < -0.3 is 20.8 Å². The van der Waals surface area contributed by atoms with Crippen molar-refractivity contribution >= 4 is 69.2 Å². The highest BCUT2D eigenvalue weighted by Crippen LogP contribution is 2.39. The van der Waals surface area contributed by atoms with Crippen molar-refractivity contribution in [2.75, 3.05) is 18.4 Å². The number of carboxylic acid groups (broad SMARTS) is 1. The molecule has 2 saturated heterocycles. The van der Waals surface area contributed by atoms with Crippen molar-refractivity contribution in [2.24, 2.45) is 5.92 Å². The van der Waals surface area contributed by atoms with E-state index in [1.165, 1.54) is 40.5 Å². The number of rotatable bonds is 8. The van der Waals surface area contributed by atoms with E-state index >= 15 is 0 Å². The number of aromatic hydroxyl groups is 1. The van der Waals surface area contributed by atoms with E-state index in [-0.39, 0.29) is 29.5 Å². The minimum absolute atomic E-state index is 0.00310. The van der Waals surface area contributed by atoms with Gasteiger partial charge in [0.25, 0.3) is 5.91 Å². The molecule has 0 saturated carbocycles. The summed E-state index contributed by atoms with van der Waals surface area (Å²) in [7, 11) is 0. The number of aromatic carboxylic acids is 1. The maximum Gasteiger partial charge on any atom is 0.339 e. The van der Waals surface area contributed by atoms with Gasteiger partial charge in [0.15, 0.2) is 11.6 Å². The number of nitrogens with one attached hydrogen (secondary N) is 2. The summed E-state index contributed by atoms with van der Waals surface area (Å²) in [6.45, 7) is 1.47. The van der Waals surface area contributed by atoms with Crippen molar-refractivity contribution in [3.63, 3.8) is 0 Å². The number of thiophene rings is 1. The molecule has 2 amide bonds. The van der Waals surface area contributed by atoms with Crippen LogP contribution in [-0.2, 0) is 9.59 Å². The second kappa shape index (κ2) is 12.7. The molecule has 2 fully saturated rings. The van der Waals surface area contributed by atoms with Gasteiger partial charge in [0.2, 0.25) is 5.91 Å². The molecule has 0 bridgehead atoms. The van der Waals surface area contributed by atoms with Gasteiger partial charge in [-0.05, 0) is 84.8 Å². The van der Waals surface area contributed by atoms with Gasteiger partial charge in [-0.3, -0.25) is 14.5 Å². The number of nitrogens with zero attached hydrogens (tertiary/aromatic N) is 1. The molecule has 2 aromatic carbocycles. The summed E-state index contributed by atoms with van der Waals surface area (Å²) in [5.41, 5.74) is 1.14. The Kier molecular flexibility index (Phi) is 9.02. The Morgan fingerprint density at radius 2 is 1.88 bits per heavy atom. The summed E-state index contributed by atoms with van der Waals surface area (Å²) >= 11 is 8.11. The Morgan fingerprint density at radius 3 is 2.57 bits per heavy atom. The molecule has 42 heavy (non-hydrogen) atoms. The minimum Gasteiger partial charge on any atom is -0.507 e. The Bertz CT molecular complexity index is 1600. The fourth-order valence-corrected chi connectivity index (χ4v) is 7.33. The summed E-state index contributed by atoms with van der Waals surface area (Å²) < 4.78 is 27.4. The molecule has 2 aliphatic rings. The first-order valence-corrected chi connectivity index (χ1v) is 15.1. The third-order valence-corrected chi connectivity index (χ3v) is 9.35. The van der Waals surface area contributed by atoms with Gasteiger partial charge in [0.1, 0.15) is 15.6 Å². The predicted octanol–water partition coefficient (Wildman–Crippen LogP) is 5.70. The molecule has 218 valence electrons. The van der Waals surface area contributed by atoms with Crippen LogP contribution in [0.3, 0.4) is 0 Å². The van der Waals surface area contributed by atoms with Gasteiger partial charge in [0, 0.05) is 23.1 Å². The van der Waals surface area contributed by atoms with E-state index in [2.05, 4.69) is 10.6 Å². The molecule has 13 heteroatoms. The molecular weight excluding hydrogens is 605 g/mol. The maximum atomic E-state index is 13.7. The van der Waals surface area contributed by atoms with E-state index in [0.717, 1.165) is 54.7 Å². The molecule has 0 spiro atoms. The van der Waals surface area contributed by atoms with Gasteiger partial charge in [-0.1, -0.05) is 30.0 Å². The lowest BCUT2D eigenvalue weighted by Crippen LogP contribution is -2.48. The van der Waals surface area contributed by atoms with Gasteiger partial charge >= 0.3 is 5.97 Å². The molecular formula is C29H25F2N3O5S3. The van der Waals surface area contributed by atoms with Crippen molar-refractivity contribution in [2.45, 2.75) is 25.3 Å². The number of benzene rings is 2. The minimum atomic E-state index is -1.29. The van der Waals surface area contributed by atoms with Crippen LogP contribution < -0.4 is 10.6 Å². The van der Waals surface area contributed by atoms with Crippen LogP contribution in [0.1, 0.15) is 34.5 Å². The zero-order chi connectivity index (χ0) is 30.0. The van der Waals surface area contributed by atoms with Crippen LogP contribution >= 0.6 is 35.3 Å². The normalized spacial score (nSPS) is 17.6. The summed E-state index contributed by atoms with van der Waals surface area (Å²) in [6.07, 6.45) is 3.14. The molecule has 3 heterocycles. The lowest BCUT2D eigenvalue weighted by molar-refractivity contribution is -0.126. The number of phenols is 1. The summed E-state index contributed by atoms with van der Waals surface area (Å²) in [4.78, 5) is 40.6. The Balaban J connectivity index is 1.35. The number of thioether (sulfide) groups is 1. The first-order valence-electron chi connectivity index (χ1n) is 13.0. The fourth-order valence-electron chi connectivity index (χ4n) is 5.04. The number of carboxylic acids is 1. The molecule has 4 N–H and O–H groups in total. The van der Waals surface area contributed by atoms with Crippen LogP contribution in [0.4, 0.5) is 14.5 Å². The van der Waals surface area contributed by atoms with Crippen molar-refractivity contribution in [1.29, 1.82) is 0 Å². The molecule has 1 aromatic heterocycles. The zero-order valence-electron chi connectivity index (χ0n) is 21.9. The number of amides is 2. The van der Waals surface area contributed by atoms with Gasteiger partial charge in [-0.25, -0.2) is 13.6 Å². The van der Waals surface area contributed by atoms with E-state index in [9.17, 15) is 28.3 Å². The van der Waals surface area contributed by atoms with Crippen molar-refractivity contribution in [3.8, 4) is 16.9 Å². The topological polar surface area (TPSA) is 119 Å². The smallest absolute Gasteiger partial charge is 0.339 e. The van der Waals surface area contributed by atoms with Crippen LogP contribution in [0.25, 0.3) is 17.2 Å². The standard InChI is InChI=1S/C29H25F2N3O5S3/c30-21-4-1-16(10-22(21)31)17-9-19(41-14-17)12-25-27(37)34(29(40)42-25)23(15-5-7-32-8-6-15)13-26(36)33-18-2-3-20(28(38)39)24(35)11-18/h1-4,9-12,14-15,23,32,35H,5-8,13H2,(H,33,36)(H,38,39). The number of carbonyl (C=O) groups excluding carboxylic acids is 2. The lowest BCUT2D eigenvalue weighted by atomic mass is 9.87. The molecule has 8 nitrogen and oxygen atoms in total. The van der Waals surface area contributed by atoms with Crippen LogP contribution in [0.15, 0.2) is 52.7 Å². The van der Waals surface area contributed by atoms with E-state index in [0.29, 0.717) is 20.4 Å². The Morgan fingerprint density at radius 1 is 1.12 bits per heavy atom. The molecule has 0 aliphatic carbocycles. The largest absolute Gasteiger partial charge is 0.507 e. The fraction of sp³-hybridized carbons (Fsp3) is 0.241. The molecule has 1 atom stereocenters. The molecule has 0 radical (unpaired) electrons. The van der Waals surface area contributed by atoms with Crippen molar-refractivity contribution in [1.82, 2.24) is 10.2 Å². The van der Waals surface area contributed by atoms with Gasteiger partial charge in [-0.15, -0.1) is 11.3 Å². The van der Waals surface area contributed by atoms with Crippen LogP contribution in [0.5, 0.6) is 5.75 Å². The Hall–Kier alpha value is -3.65. The number of halogens is 2.